The minimum atomic E-state index is -3.98. The van der Waals surface area contributed by atoms with E-state index in [-0.39, 0.29) is 15.6 Å². The number of amides is 1. The zero-order valence-corrected chi connectivity index (χ0v) is 18.6. The van der Waals surface area contributed by atoms with Crippen LogP contribution in [0.25, 0.3) is 0 Å². The van der Waals surface area contributed by atoms with Crippen LogP contribution in [0.2, 0.25) is 5.02 Å². The van der Waals surface area contributed by atoms with Crippen LogP contribution in [0.3, 0.4) is 0 Å². The van der Waals surface area contributed by atoms with Gasteiger partial charge >= 0.3 is 0 Å². The van der Waals surface area contributed by atoms with Gasteiger partial charge in [0.1, 0.15) is 11.4 Å². The van der Waals surface area contributed by atoms with E-state index in [1.54, 1.807) is 12.1 Å². The summed E-state index contributed by atoms with van der Waals surface area (Å²) in [4.78, 5) is 22.9. The van der Waals surface area contributed by atoms with Crippen LogP contribution in [0.15, 0.2) is 65.6 Å². The Morgan fingerprint density at radius 2 is 1.88 bits per heavy atom. The summed E-state index contributed by atoms with van der Waals surface area (Å²) in [5.41, 5.74) is 0.337. The highest BCUT2D eigenvalue weighted by Gasteiger charge is 2.30. The van der Waals surface area contributed by atoms with Crippen LogP contribution >= 0.6 is 11.6 Å². The molecule has 0 fully saturated rings. The van der Waals surface area contributed by atoms with Gasteiger partial charge in [-0.1, -0.05) is 29.8 Å². The van der Waals surface area contributed by atoms with Crippen molar-refractivity contribution in [1.82, 2.24) is 0 Å². The highest BCUT2D eigenvalue weighted by atomic mass is 35.5. The molecule has 1 aliphatic heterocycles. The summed E-state index contributed by atoms with van der Waals surface area (Å²) in [6.07, 6.45) is 1.42. The fourth-order valence-electron chi connectivity index (χ4n) is 3.67. The van der Waals surface area contributed by atoms with Crippen LogP contribution in [-0.4, -0.2) is 25.8 Å². The van der Waals surface area contributed by atoms with Gasteiger partial charge in [-0.25, -0.2) is 12.8 Å². The molecule has 0 bridgehead atoms. The topological polar surface area (TPSA) is 110 Å². The molecule has 0 atom stereocenters. The smallest absolute Gasteiger partial charge is 0.285 e. The molecule has 1 heterocycles. The summed E-state index contributed by atoms with van der Waals surface area (Å²) in [7, 11) is -3.98. The summed E-state index contributed by atoms with van der Waals surface area (Å²) in [5, 5.41) is 13.6. The molecule has 33 heavy (non-hydrogen) atoms. The third kappa shape index (κ3) is 4.39. The first kappa shape index (κ1) is 22.7. The Kier molecular flexibility index (Phi) is 6.05. The number of sulfonamides is 1. The van der Waals surface area contributed by atoms with Crippen LogP contribution in [0, 0.1) is 15.9 Å². The number of nitrogens with zero attached hydrogens (tertiary/aromatic N) is 2. The van der Waals surface area contributed by atoms with Gasteiger partial charge in [0.15, 0.2) is 0 Å². The van der Waals surface area contributed by atoms with E-state index in [0.717, 1.165) is 24.1 Å². The number of nitro groups is 1. The standard InChI is InChI=1S/C22H17ClFN3O5S/c23-18-10-8-16(33(31,32)26-11-3-5-14-4-1-2-6-20(14)26)13-19(18)25-22(28)17-9-7-15(24)12-21(17)27(29)30/h1-2,4,6-10,12-13H,3,5,11H2,(H,25,28). The predicted molar refractivity (Wildman–Crippen MR) is 122 cm³/mol. The third-order valence-corrected chi connectivity index (χ3v) is 7.38. The number of nitro benzene ring substituents is 1. The second-order valence-corrected chi connectivity index (χ2v) is 9.59. The van der Waals surface area contributed by atoms with Gasteiger partial charge in [-0.05, 0) is 54.8 Å². The predicted octanol–water partition coefficient (Wildman–Crippen LogP) is 4.78. The lowest BCUT2D eigenvalue weighted by atomic mass is 10.0. The number of carbonyl (C=O) groups excluding carboxylic acids is 1. The van der Waals surface area contributed by atoms with Gasteiger partial charge in [0.25, 0.3) is 21.6 Å². The number of nitrogens with one attached hydrogen (secondary N) is 1. The SMILES string of the molecule is O=C(Nc1cc(S(=O)(=O)N2CCCc3ccccc32)ccc1Cl)c1ccc(F)cc1[N+](=O)[O-]. The van der Waals surface area contributed by atoms with Gasteiger partial charge in [0.05, 0.1) is 32.3 Å². The number of carbonyl (C=O) groups is 1. The minimum Gasteiger partial charge on any atom is -0.320 e. The minimum absolute atomic E-state index is 0.0334. The zero-order valence-electron chi connectivity index (χ0n) is 17.0. The summed E-state index contributed by atoms with van der Waals surface area (Å²) in [5.74, 6) is -1.80. The molecule has 8 nitrogen and oxygen atoms in total. The number of rotatable bonds is 5. The van der Waals surface area contributed by atoms with Gasteiger partial charge < -0.3 is 5.32 Å². The van der Waals surface area contributed by atoms with E-state index < -0.39 is 37.9 Å². The molecule has 1 aliphatic rings. The maximum atomic E-state index is 13.4. The summed E-state index contributed by atoms with van der Waals surface area (Å²) >= 11 is 6.16. The van der Waals surface area contributed by atoms with Gasteiger partial charge in [0, 0.05) is 6.54 Å². The van der Waals surface area contributed by atoms with E-state index in [4.69, 9.17) is 11.6 Å². The van der Waals surface area contributed by atoms with Crippen molar-refractivity contribution in [2.24, 2.45) is 0 Å². The van der Waals surface area contributed by atoms with Gasteiger partial charge in [-0.15, -0.1) is 0 Å². The molecule has 0 unspecified atom stereocenters. The molecule has 3 aromatic carbocycles. The van der Waals surface area contributed by atoms with Crippen LogP contribution in [-0.2, 0) is 16.4 Å². The normalized spacial score (nSPS) is 13.3. The largest absolute Gasteiger partial charge is 0.320 e. The van der Waals surface area contributed by atoms with Crippen molar-refractivity contribution in [3.63, 3.8) is 0 Å². The number of hydrogen-bond acceptors (Lipinski definition) is 5. The highest BCUT2D eigenvalue weighted by Crippen LogP contribution is 2.34. The van der Waals surface area contributed by atoms with Gasteiger partial charge in [-0.2, -0.15) is 0 Å². The third-order valence-electron chi connectivity index (χ3n) is 5.24. The van der Waals surface area contributed by atoms with E-state index in [1.165, 1.54) is 22.5 Å². The van der Waals surface area contributed by atoms with Gasteiger partial charge in [0.2, 0.25) is 0 Å². The molecule has 0 saturated carbocycles. The Labute approximate surface area is 193 Å². The zero-order chi connectivity index (χ0) is 23.8. The second kappa shape index (κ2) is 8.80. The number of anilines is 2. The number of halogens is 2. The molecule has 170 valence electrons. The summed E-state index contributed by atoms with van der Waals surface area (Å²) in [6.45, 7) is 0.297. The molecule has 0 radical (unpaired) electrons. The average Bonchev–Trinajstić information content (AvgIpc) is 2.79. The van der Waals surface area contributed by atoms with E-state index in [2.05, 4.69) is 5.32 Å². The lowest BCUT2D eigenvalue weighted by Crippen LogP contribution is -2.35. The Balaban J connectivity index is 1.68. The molecule has 0 spiro atoms. The Bertz CT molecular complexity index is 1380. The number of fused-ring (bicyclic) bond motifs is 1. The molecule has 3 aromatic rings. The number of para-hydroxylation sites is 1. The fraction of sp³-hybridized carbons (Fsp3) is 0.136. The van der Waals surface area contributed by atoms with Crippen molar-refractivity contribution < 1.29 is 22.5 Å². The van der Waals surface area contributed by atoms with Gasteiger partial charge in [-0.3, -0.25) is 19.2 Å². The molecular formula is C22H17ClFN3O5S. The summed E-state index contributed by atoms with van der Waals surface area (Å²) < 4.78 is 41.5. The lowest BCUT2D eigenvalue weighted by molar-refractivity contribution is -0.385. The quantitative estimate of drug-likeness (QED) is 0.409. The molecule has 1 amide bonds. The van der Waals surface area contributed by atoms with Crippen molar-refractivity contribution in [1.29, 1.82) is 0 Å². The first-order valence-electron chi connectivity index (χ1n) is 9.84. The van der Waals surface area contributed by atoms with Crippen molar-refractivity contribution in [2.75, 3.05) is 16.2 Å². The molecule has 0 saturated heterocycles. The lowest BCUT2D eigenvalue weighted by Gasteiger charge is -2.30. The van der Waals surface area contributed by atoms with E-state index in [0.29, 0.717) is 24.7 Å². The van der Waals surface area contributed by atoms with Crippen molar-refractivity contribution >= 4 is 44.6 Å². The first-order valence-corrected chi connectivity index (χ1v) is 11.7. The molecule has 4 rings (SSSR count). The average molecular weight is 490 g/mol. The maximum absolute atomic E-state index is 13.4. The van der Waals surface area contributed by atoms with Crippen molar-refractivity contribution in [2.45, 2.75) is 17.7 Å². The molecule has 11 heteroatoms. The Morgan fingerprint density at radius 1 is 1.12 bits per heavy atom. The van der Waals surface area contributed by atoms with Crippen molar-refractivity contribution in [3.05, 3.63) is 92.7 Å². The molecular weight excluding hydrogens is 473 g/mol. The van der Waals surface area contributed by atoms with E-state index in [1.807, 2.05) is 12.1 Å². The second-order valence-electron chi connectivity index (χ2n) is 7.32. The number of hydrogen-bond donors (Lipinski definition) is 1. The number of benzene rings is 3. The maximum Gasteiger partial charge on any atom is 0.285 e. The summed E-state index contributed by atoms with van der Waals surface area (Å²) in [6, 6.07) is 13.6. The Hall–Kier alpha value is -3.50. The Morgan fingerprint density at radius 3 is 2.64 bits per heavy atom. The van der Waals surface area contributed by atoms with E-state index in [9.17, 15) is 27.7 Å². The van der Waals surface area contributed by atoms with Crippen LogP contribution in [0.1, 0.15) is 22.3 Å². The first-order chi connectivity index (χ1) is 15.7. The molecule has 0 aliphatic carbocycles. The van der Waals surface area contributed by atoms with Crippen molar-refractivity contribution in [3.8, 4) is 0 Å². The van der Waals surface area contributed by atoms with E-state index >= 15 is 0 Å². The fourth-order valence-corrected chi connectivity index (χ4v) is 5.41. The number of aryl methyl sites for hydroxylation is 1. The molecule has 1 N–H and O–H groups in total. The monoisotopic (exact) mass is 489 g/mol. The highest BCUT2D eigenvalue weighted by molar-refractivity contribution is 7.92. The van der Waals surface area contributed by atoms with Crippen LogP contribution < -0.4 is 9.62 Å². The van der Waals surface area contributed by atoms with Crippen LogP contribution in [0.5, 0.6) is 0 Å². The van der Waals surface area contributed by atoms with Crippen LogP contribution in [0.4, 0.5) is 21.5 Å². The molecule has 0 aromatic heterocycles.